The van der Waals surface area contributed by atoms with E-state index in [-0.39, 0.29) is 0 Å². The second-order valence-corrected chi connectivity index (χ2v) is 10.4. The molecule has 1 aromatic rings. The van der Waals surface area contributed by atoms with Crippen molar-refractivity contribution in [3.63, 3.8) is 0 Å². The van der Waals surface area contributed by atoms with Gasteiger partial charge in [0.05, 0.1) is 30.3 Å². The first-order chi connectivity index (χ1) is 15.3. The molecule has 9 heteroatoms. The minimum Gasteiger partial charge on any atom is -0.455 e. The van der Waals surface area contributed by atoms with Gasteiger partial charge in [0, 0.05) is 70.9 Å². The molecule has 7 nitrogen and oxygen atoms in total. The molecule has 2 atom stereocenters. The standard InChI is InChI=1S/C23H35FN5O2P/c1-18(26-19-3-5-20(6-4-19)31-22(2,24)32)21(13-25)29-16-23(17-29)14-28(15-23)8-7-27-9-11-30-12-10-27/h3-6,13H,7-12,14-17,25,32H2,1-2H3/b21-13+,26-18?. The molecule has 0 aliphatic carbocycles. The molecule has 3 fully saturated rings. The summed E-state index contributed by atoms with van der Waals surface area (Å²) < 4.78 is 24.2. The molecule has 0 amide bonds. The van der Waals surface area contributed by atoms with Crippen LogP contribution in [-0.2, 0) is 4.74 Å². The highest BCUT2D eigenvalue weighted by molar-refractivity contribution is 7.18. The molecule has 3 aliphatic heterocycles. The van der Waals surface area contributed by atoms with Gasteiger partial charge in [0.25, 0.3) is 5.60 Å². The maximum absolute atomic E-state index is 13.6. The summed E-state index contributed by atoms with van der Waals surface area (Å²) in [5, 5.41) is 0. The average molecular weight is 464 g/mol. The molecule has 0 radical (unpaired) electrons. The Hall–Kier alpha value is -1.73. The summed E-state index contributed by atoms with van der Waals surface area (Å²) in [6.07, 6.45) is 1.65. The molecule has 4 rings (SSSR count). The van der Waals surface area contributed by atoms with E-state index in [4.69, 9.17) is 20.2 Å². The predicted octanol–water partition coefficient (Wildman–Crippen LogP) is 2.43. The summed E-state index contributed by atoms with van der Waals surface area (Å²) in [5.74, 6) is 0.462. The van der Waals surface area contributed by atoms with E-state index < -0.39 is 5.60 Å². The van der Waals surface area contributed by atoms with E-state index in [1.54, 1.807) is 18.3 Å². The number of nitrogens with two attached hydrogens (primary N) is 1. The van der Waals surface area contributed by atoms with Gasteiger partial charge in [-0.15, -0.1) is 0 Å². The fraction of sp³-hybridized carbons (Fsp3) is 0.609. The number of halogens is 1. The SMILES string of the molecule is CC(=Nc1ccc(OC(C)(F)P)cc1)/C(=C\N)N1CC2(CN(CCN3CCOCC3)C2)C1. The van der Waals surface area contributed by atoms with Gasteiger partial charge < -0.3 is 25.0 Å². The third-order valence-electron chi connectivity index (χ3n) is 6.33. The number of benzene rings is 1. The number of likely N-dealkylation sites (tertiary alicyclic amines) is 2. The molecule has 3 aliphatic rings. The van der Waals surface area contributed by atoms with Crippen LogP contribution in [-0.4, -0.2) is 91.6 Å². The zero-order valence-corrected chi connectivity index (χ0v) is 20.3. The smallest absolute Gasteiger partial charge is 0.256 e. The van der Waals surface area contributed by atoms with Crippen LogP contribution in [0, 0.1) is 5.41 Å². The van der Waals surface area contributed by atoms with Crippen LogP contribution < -0.4 is 10.5 Å². The van der Waals surface area contributed by atoms with Crippen LogP contribution in [0.2, 0.25) is 0 Å². The molecule has 0 aromatic heterocycles. The van der Waals surface area contributed by atoms with Gasteiger partial charge in [0.2, 0.25) is 0 Å². The Bertz CT molecular complexity index is 835. The number of aliphatic imine (C=N–C) groups is 1. The van der Waals surface area contributed by atoms with Crippen molar-refractivity contribution in [2.45, 2.75) is 19.4 Å². The first kappa shape index (κ1) is 23.4. The zero-order valence-electron chi connectivity index (χ0n) is 19.1. The molecule has 32 heavy (non-hydrogen) atoms. The number of alkyl halides is 1. The van der Waals surface area contributed by atoms with Crippen LogP contribution in [0.4, 0.5) is 10.1 Å². The number of morpholine rings is 1. The van der Waals surface area contributed by atoms with E-state index in [1.165, 1.54) is 6.92 Å². The number of nitrogens with zero attached hydrogens (tertiary/aromatic N) is 4. The summed E-state index contributed by atoms with van der Waals surface area (Å²) in [6, 6.07) is 7.08. The van der Waals surface area contributed by atoms with E-state index in [0.29, 0.717) is 11.2 Å². The number of hydrogen-bond acceptors (Lipinski definition) is 7. The van der Waals surface area contributed by atoms with Crippen molar-refractivity contribution >= 4 is 20.6 Å². The molecule has 1 spiro atoms. The van der Waals surface area contributed by atoms with E-state index in [1.807, 2.05) is 28.3 Å². The Morgan fingerprint density at radius 1 is 1.19 bits per heavy atom. The third-order valence-corrected chi connectivity index (χ3v) is 6.44. The van der Waals surface area contributed by atoms with Crippen molar-refractivity contribution in [1.82, 2.24) is 14.7 Å². The van der Waals surface area contributed by atoms with Crippen LogP contribution in [0.5, 0.6) is 5.75 Å². The molecular formula is C23H35FN5O2P. The lowest BCUT2D eigenvalue weighted by molar-refractivity contribution is -0.101. The average Bonchev–Trinajstić information content (AvgIpc) is 2.69. The highest BCUT2D eigenvalue weighted by atomic mass is 31.0. The van der Waals surface area contributed by atoms with Crippen molar-refractivity contribution in [3.8, 4) is 5.75 Å². The third kappa shape index (κ3) is 5.79. The molecule has 3 saturated heterocycles. The van der Waals surface area contributed by atoms with Crippen molar-refractivity contribution in [1.29, 1.82) is 0 Å². The maximum Gasteiger partial charge on any atom is 0.256 e. The van der Waals surface area contributed by atoms with Crippen LogP contribution in [0.1, 0.15) is 13.8 Å². The normalized spacial score (nSPS) is 24.1. The Balaban J connectivity index is 1.24. The van der Waals surface area contributed by atoms with Gasteiger partial charge in [-0.25, -0.2) is 0 Å². The molecule has 0 saturated carbocycles. The minimum absolute atomic E-state index is 0.399. The van der Waals surface area contributed by atoms with Crippen molar-refractivity contribution in [3.05, 3.63) is 36.2 Å². The lowest BCUT2D eigenvalue weighted by Gasteiger charge is -2.61. The van der Waals surface area contributed by atoms with Gasteiger partial charge in [-0.05, 0) is 31.2 Å². The number of allylic oxidation sites excluding steroid dienone is 1. The topological polar surface area (TPSA) is 66.6 Å². The lowest BCUT2D eigenvalue weighted by atomic mass is 9.72. The van der Waals surface area contributed by atoms with Crippen molar-refractivity contribution < 1.29 is 13.9 Å². The number of ether oxygens (including phenoxy) is 2. The molecule has 1 aromatic carbocycles. The summed E-state index contributed by atoms with van der Waals surface area (Å²) in [5.41, 5.74) is 7.21. The van der Waals surface area contributed by atoms with E-state index in [9.17, 15) is 4.39 Å². The van der Waals surface area contributed by atoms with Gasteiger partial charge in [0.15, 0.2) is 0 Å². The van der Waals surface area contributed by atoms with E-state index in [2.05, 4.69) is 14.7 Å². The zero-order chi connectivity index (χ0) is 22.8. The second kappa shape index (κ2) is 9.64. The quantitative estimate of drug-likeness (QED) is 0.472. The van der Waals surface area contributed by atoms with Gasteiger partial charge in [-0.1, -0.05) is 9.24 Å². The highest BCUT2D eigenvalue weighted by Crippen LogP contribution is 2.41. The fourth-order valence-corrected chi connectivity index (χ4v) is 4.96. The van der Waals surface area contributed by atoms with Crippen LogP contribution in [0.25, 0.3) is 0 Å². The first-order valence-electron chi connectivity index (χ1n) is 11.3. The number of hydrogen-bond donors (Lipinski definition) is 1. The molecule has 3 heterocycles. The van der Waals surface area contributed by atoms with Crippen molar-refractivity contribution in [2.75, 3.05) is 65.6 Å². The Morgan fingerprint density at radius 2 is 1.81 bits per heavy atom. The Kier molecular flexibility index (Phi) is 7.06. The lowest BCUT2D eigenvalue weighted by Crippen LogP contribution is -2.72. The molecular weight excluding hydrogens is 428 g/mol. The van der Waals surface area contributed by atoms with Gasteiger partial charge in [-0.2, -0.15) is 4.39 Å². The Labute approximate surface area is 192 Å². The second-order valence-electron chi connectivity index (χ2n) is 9.35. The van der Waals surface area contributed by atoms with Crippen LogP contribution >= 0.6 is 9.24 Å². The maximum atomic E-state index is 13.6. The van der Waals surface area contributed by atoms with Crippen LogP contribution in [0.3, 0.4) is 0 Å². The Morgan fingerprint density at radius 3 is 2.41 bits per heavy atom. The summed E-state index contributed by atoms with van der Waals surface area (Å²) in [6.45, 7) is 13.8. The molecule has 2 unspecified atom stereocenters. The largest absolute Gasteiger partial charge is 0.455 e. The van der Waals surface area contributed by atoms with Gasteiger partial charge >= 0.3 is 0 Å². The van der Waals surface area contributed by atoms with Gasteiger partial charge in [-0.3, -0.25) is 9.89 Å². The van der Waals surface area contributed by atoms with E-state index in [0.717, 1.165) is 82.7 Å². The summed E-state index contributed by atoms with van der Waals surface area (Å²) in [4.78, 5) is 12.1. The molecule has 2 N–H and O–H groups in total. The number of rotatable bonds is 8. The van der Waals surface area contributed by atoms with E-state index >= 15 is 0 Å². The highest BCUT2D eigenvalue weighted by Gasteiger charge is 2.52. The monoisotopic (exact) mass is 463 g/mol. The predicted molar refractivity (Wildman–Crippen MR) is 129 cm³/mol. The fourth-order valence-electron chi connectivity index (χ4n) is 4.83. The van der Waals surface area contributed by atoms with Gasteiger partial charge in [0.1, 0.15) is 5.75 Å². The summed E-state index contributed by atoms with van der Waals surface area (Å²) in [7, 11) is 2.03. The van der Waals surface area contributed by atoms with Crippen LogP contribution in [0.15, 0.2) is 41.2 Å². The minimum atomic E-state index is -1.79. The summed E-state index contributed by atoms with van der Waals surface area (Å²) >= 11 is 0. The molecule has 176 valence electrons. The first-order valence-corrected chi connectivity index (χ1v) is 11.8. The van der Waals surface area contributed by atoms with Crippen molar-refractivity contribution in [2.24, 2.45) is 16.1 Å². The molecule has 0 bridgehead atoms.